The Labute approximate surface area is 221 Å². The molecule has 1 aliphatic carbocycles. The number of aryl methyl sites for hydroxylation is 2. The number of likely N-dealkylation sites (tertiary alicyclic amines) is 1. The molecule has 6 nitrogen and oxygen atoms in total. The lowest BCUT2D eigenvalue weighted by Crippen LogP contribution is -2.51. The Morgan fingerprint density at radius 1 is 1.12 bits per heavy atom. The monoisotopic (exact) mass is 608 g/mol. The summed E-state index contributed by atoms with van der Waals surface area (Å²) < 4.78 is 2.03. The molecule has 34 heavy (non-hydrogen) atoms. The third-order valence-corrected chi connectivity index (χ3v) is 8.58. The molecule has 2 aliphatic heterocycles. The molecule has 3 aliphatic rings. The van der Waals surface area contributed by atoms with Crippen LogP contribution < -0.4 is 5.32 Å². The van der Waals surface area contributed by atoms with Crippen LogP contribution >= 0.6 is 43.5 Å². The van der Waals surface area contributed by atoms with Gasteiger partial charge < -0.3 is 15.1 Å². The summed E-state index contributed by atoms with van der Waals surface area (Å²) in [6, 6.07) is 6.14. The molecule has 9 heteroatoms. The molecule has 0 radical (unpaired) electrons. The summed E-state index contributed by atoms with van der Waals surface area (Å²) in [7, 11) is 0. The Kier molecular flexibility index (Phi) is 7.19. The minimum atomic E-state index is -0.137. The van der Waals surface area contributed by atoms with Crippen LogP contribution in [0.1, 0.15) is 47.6 Å². The van der Waals surface area contributed by atoms with Crippen molar-refractivity contribution in [2.45, 2.75) is 38.0 Å². The molecular formula is C25H27Br2ClN4O2. The lowest BCUT2D eigenvalue weighted by Gasteiger charge is -2.38. The van der Waals surface area contributed by atoms with Crippen molar-refractivity contribution < 1.29 is 9.59 Å². The van der Waals surface area contributed by atoms with Crippen molar-refractivity contribution >= 4 is 55.4 Å². The van der Waals surface area contributed by atoms with Crippen molar-refractivity contribution in [3.8, 4) is 0 Å². The number of halogens is 3. The van der Waals surface area contributed by atoms with Crippen LogP contribution in [-0.4, -0.2) is 59.4 Å². The van der Waals surface area contributed by atoms with Gasteiger partial charge in [0.2, 0.25) is 5.91 Å². The van der Waals surface area contributed by atoms with Gasteiger partial charge in [0.1, 0.15) is 6.54 Å². The van der Waals surface area contributed by atoms with Crippen molar-refractivity contribution in [1.82, 2.24) is 20.1 Å². The van der Waals surface area contributed by atoms with Crippen LogP contribution in [-0.2, 0) is 17.6 Å². The number of urea groups is 1. The number of nitrogens with zero attached hydrogens (tertiary/aromatic N) is 3. The molecule has 2 fully saturated rings. The minimum Gasteiger partial charge on any atom is -0.341 e. The summed E-state index contributed by atoms with van der Waals surface area (Å²) in [5.74, 6) is 0.550. The second-order valence-corrected chi connectivity index (χ2v) is 11.6. The van der Waals surface area contributed by atoms with Gasteiger partial charge in [-0.15, -0.1) is 0 Å². The van der Waals surface area contributed by atoms with Gasteiger partial charge in [0.05, 0.1) is 5.69 Å². The van der Waals surface area contributed by atoms with Gasteiger partial charge in [0.15, 0.2) is 0 Å². The Balaban J connectivity index is 1.38. The van der Waals surface area contributed by atoms with Crippen molar-refractivity contribution in [3.05, 3.63) is 60.7 Å². The maximum atomic E-state index is 12.9. The molecule has 5 rings (SSSR count). The number of carbonyl (C=O) groups is 2. The quantitative estimate of drug-likeness (QED) is 0.524. The largest absolute Gasteiger partial charge is 0.341 e. The van der Waals surface area contributed by atoms with Gasteiger partial charge in [-0.2, -0.15) is 0 Å². The van der Waals surface area contributed by atoms with E-state index in [1.165, 1.54) is 16.7 Å². The number of carbonyl (C=O) groups excluding carboxylic acids is 2. The third-order valence-electron chi connectivity index (χ3n) is 7.28. The van der Waals surface area contributed by atoms with Gasteiger partial charge in [-0.05, 0) is 88.8 Å². The van der Waals surface area contributed by atoms with E-state index in [2.05, 4.69) is 49.3 Å². The number of pyridine rings is 1. The predicted octanol–water partition coefficient (Wildman–Crippen LogP) is 5.14. The van der Waals surface area contributed by atoms with Crippen molar-refractivity contribution in [2.75, 3.05) is 32.7 Å². The lowest BCUT2D eigenvalue weighted by molar-refractivity contribution is -0.133. The summed E-state index contributed by atoms with van der Waals surface area (Å²) in [6.07, 6.45) is 6.41. The maximum Gasteiger partial charge on any atom is 0.317 e. The molecule has 0 bridgehead atoms. The fourth-order valence-electron chi connectivity index (χ4n) is 5.61. The fourth-order valence-corrected chi connectivity index (χ4v) is 7.10. The van der Waals surface area contributed by atoms with Crippen LogP contribution in [0.25, 0.3) is 0 Å². The molecule has 180 valence electrons. The van der Waals surface area contributed by atoms with E-state index in [0.717, 1.165) is 51.8 Å². The molecule has 1 unspecified atom stereocenters. The molecular weight excluding hydrogens is 584 g/mol. The standard InChI is InChI=1S/C25H27Br2ClN4O2/c26-18-10-17-3-2-16-11-19(28)12-20(27)22(16)23(24(17)30-13-18)15-4-8-31(9-5-15)21(33)14-32-7-1-6-29-25(32)34/h10-13,15,23H,1-9,14H2,(H,29,34). The Morgan fingerprint density at radius 3 is 2.65 bits per heavy atom. The molecule has 1 N–H and O–H groups in total. The van der Waals surface area contributed by atoms with Gasteiger partial charge in [-0.1, -0.05) is 27.5 Å². The highest BCUT2D eigenvalue weighted by Crippen LogP contribution is 2.46. The number of aromatic nitrogens is 1. The summed E-state index contributed by atoms with van der Waals surface area (Å²) in [4.78, 5) is 33.4. The van der Waals surface area contributed by atoms with E-state index in [1.54, 1.807) is 4.90 Å². The van der Waals surface area contributed by atoms with Crippen LogP contribution in [0.3, 0.4) is 0 Å². The molecule has 2 saturated heterocycles. The molecule has 3 amide bonds. The topological polar surface area (TPSA) is 65.5 Å². The Bertz CT molecular complexity index is 1120. The second kappa shape index (κ2) is 10.2. The SMILES string of the molecule is O=C(CN1CCCNC1=O)N1CCC(C2c3ncc(Br)cc3CCc3cc(Cl)cc(Br)c32)CC1. The zero-order valence-corrected chi connectivity index (χ0v) is 22.8. The minimum absolute atomic E-state index is 0.0344. The Hall–Kier alpha value is -1.64. The van der Waals surface area contributed by atoms with E-state index in [9.17, 15) is 9.59 Å². The zero-order chi connectivity index (χ0) is 23.8. The highest BCUT2D eigenvalue weighted by Gasteiger charge is 2.36. The van der Waals surface area contributed by atoms with Crippen LogP contribution in [0.2, 0.25) is 5.02 Å². The molecule has 0 spiro atoms. The van der Waals surface area contributed by atoms with Gasteiger partial charge in [0, 0.05) is 52.3 Å². The number of fused-ring (bicyclic) bond motifs is 2. The number of benzene rings is 1. The van der Waals surface area contributed by atoms with Gasteiger partial charge in [-0.25, -0.2) is 4.79 Å². The first kappa shape index (κ1) is 24.1. The summed E-state index contributed by atoms with van der Waals surface area (Å²) in [6.45, 7) is 2.88. The number of nitrogens with one attached hydrogen (secondary N) is 1. The molecule has 0 saturated carbocycles. The van der Waals surface area contributed by atoms with E-state index in [4.69, 9.17) is 16.6 Å². The summed E-state index contributed by atoms with van der Waals surface area (Å²) >= 11 is 13.8. The van der Waals surface area contributed by atoms with E-state index in [-0.39, 0.29) is 24.4 Å². The first-order chi connectivity index (χ1) is 16.4. The normalized spacial score (nSPS) is 20.9. The lowest BCUT2D eigenvalue weighted by atomic mass is 9.76. The number of piperidine rings is 1. The smallest absolute Gasteiger partial charge is 0.317 e. The van der Waals surface area contributed by atoms with Crippen molar-refractivity contribution in [1.29, 1.82) is 0 Å². The number of hydrogen-bond acceptors (Lipinski definition) is 3. The van der Waals surface area contributed by atoms with Gasteiger partial charge in [0.25, 0.3) is 0 Å². The summed E-state index contributed by atoms with van der Waals surface area (Å²) in [5.41, 5.74) is 4.97. The van der Waals surface area contributed by atoms with Crippen molar-refractivity contribution in [3.63, 3.8) is 0 Å². The molecule has 1 aromatic heterocycles. The summed E-state index contributed by atoms with van der Waals surface area (Å²) in [5, 5.41) is 3.56. The molecule has 2 aromatic rings. The predicted molar refractivity (Wildman–Crippen MR) is 139 cm³/mol. The highest BCUT2D eigenvalue weighted by molar-refractivity contribution is 9.10. The average molecular weight is 611 g/mol. The number of hydrogen-bond donors (Lipinski definition) is 1. The molecule has 3 heterocycles. The van der Waals surface area contributed by atoms with E-state index < -0.39 is 0 Å². The van der Waals surface area contributed by atoms with E-state index >= 15 is 0 Å². The zero-order valence-electron chi connectivity index (χ0n) is 18.8. The average Bonchev–Trinajstić information content (AvgIpc) is 2.97. The molecule has 1 atom stereocenters. The Morgan fingerprint density at radius 2 is 1.88 bits per heavy atom. The van der Waals surface area contributed by atoms with Gasteiger partial charge in [-0.3, -0.25) is 9.78 Å². The number of amides is 3. The van der Waals surface area contributed by atoms with Crippen LogP contribution in [0, 0.1) is 5.92 Å². The maximum absolute atomic E-state index is 12.9. The van der Waals surface area contributed by atoms with Gasteiger partial charge >= 0.3 is 6.03 Å². The van der Waals surface area contributed by atoms with E-state index in [1.807, 2.05) is 17.2 Å². The van der Waals surface area contributed by atoms with Crippen LogP contribution in [0.15, 0.2) is 33.3 Å². The first-order valence-corrected chi connectivity index (χ1v) is 13.8. The molecule has 1 aromatic carbocycles. The fraction of sp³-hybridized carbons (Fsp3) is 0.480. The van der Waals surface area contributed by atoms with E-state index in [0.29, 0.717) is 32.1 Å². The van der Waals surface area contributed by atoms with Crippen molar-refractivity contribution in [2.24, 2.45) is 5.92 Å². The van der Waals surface area contributed by atoms with Crippen LogP contribution in [0.4, 0.5) is 4.79 Å². The highest BCUT2D eigenvalue weighted by atomic mass is 79.9. The first-order valence-electron chi connectivity index (χ1n) is 11.8. The van der Waals surface area contributed by atoms with Crippen LogP contribution in [0.5, 0.6) is 0 Å². The second-order valence-electron chi connectivity index (χ2n) is 9.36. The number of rotatable bonds is 3. The third kappa shape index (κ3) is 4.86.